The molecule has 2 aromatic carbocycles. The molecule has 0 bridgehead atoms. The fourth-order valence-corrected chi connectivity index (χ4v) is 3.79. The summed E-state index contributed by atoms with van der Waals surface area (Å²) < 4.78 is 5.30. The summed E-state index contributed by atoms with van der Waals surface area (Å²) in [6, 6.07) is 14.1. The Morgan fingerprint density at radius 2 is 1.90 bits per heavy atom. The van der Waals surface area contributed by atoms with Crippen LogP contribution in [0.2, 0.25) is 0 Å². The second kappa shape index (κ2) is 10.1. The third-order valence-corrected chi connectivity index (χ3v) is 5.42. The van der Waals surface area contributed by atoms with Crippen LogP contribution in [0.3, 0.4) is 0 Å². The van der Waals surface area contributed by atoms with Crippen LogP contribution >= 0.6 is 0 Å². The standard InChI is InChI=1S/C24H28N2O4/c1-3-19-11-6-7-14-26(19)22(27)16-30-24(29)20-12-4-5-13-21(20)25-23(28)18-10-8-9-17(2)15-18/h4-5,8-10,12-13,15,19H,3,6-7,11,14,16H2,1-2H3,(H,25,28)/t19-/m0/s1. The summed E-state index contributed by atoms with van der Waals surface area (Å²) >= 11 is 0. The maximum atomic E-state index is 12.6. The van der Waals surface area contributed by atoms with Crippen molar-refractivity contribution in [3.05, 3.63) is 65.2 Å². The number of para-hydroxylation sites is 1. The number of anilines is 1. The van der Waals surface area contributed by atoms with Gasteiger partial charge < -0.3 is 15.0 Å². The fraction of sp³-hybridized carbons (Fsp3) is 0.375. The third-order valence-electron chi connectivity index (χ3n) is 5.42. The summed E-state index contributed by atoms with van der Waals surface area (Å²) in [4.78, 5) is 39.6. The van der Waals surface area contributed by atoms with Crippen molar-refractivity contribution >= 4 is 23.5 Å². The number of hydrogen-bond acceptors (Lipinski definition) is 4. The molecule has 1 saturated heterocycles. The molecule has 1 heterocycles. The minimum absolute atomic E-state index is 0.170. The van der Waals surface area contributed by atoms with Crippen LogP contribution < -0.4 is 5.32 Å². The number of benzene rings is 2. The molecular weight excluding hydrogens is 380 g/mol. The van der Waals surface area contributed by atoms with Gasteiger partial charge in [-0.2, -0.15) is 0 Å². The van der Waals surface area contributed by atoms with Crippen molar-refractivity contribution in [2.45, 2.75) is 45.6 Å². The molecule has 6 heteroatoms. The van der Waals surface area contributed by atoms with Gasteiger partial charge in [-0.25, -0.2) is 4.79 Å². The summed E-state index contributed by atoms with van der Waals surface area (Å²) in [5.41, 5.74) is 2.05. The Kier molecular flexibility index (Phi) is 7.22. The molecule has 0 aromatic heterocycles. The lowest BCUT2D eigenvalue weighted by Crippen LogP contribution is -2.45. The first-order valence-electron chi connectivity index (χ1n) is 10.4. The first-order chi connectivity index (χ1) is 14.5. The van der Waals surface area contributed by atoms with Crippen molar-refractivity contribution in [1.82, 2.24) is 4.90 Å². The number of amides is 2. The molecule has 2 aromatic rings. The molecule has 0 aliphatic carbocycles. The number of rotatable bonds is 6. The second-order valence-electron chi connectivity index (χ2n) is 7.59. The highest BCUT2D eigenvalue weighted by atomic mass is 16.5. The van der Waals surface area contributed by atoms with E-state index in [0.29, 0.717) is 17.8 Å². The lowest BCUT2D eigenvalue weighted by molar-refractivity contribution is -0.138. The van der Waals surface area contributed by atoms with E-state index < -0.39 is 5.97 Å². The molecule has 1 aliphatic rings. The number of likely N-dealkylation sites (tertiary alicyclic amines) is 1. The van der Waals surface area contributed by atoms with Gasteiger partial charge in [-0.1, -0.05) is 36.8 Å². The molecule has 0 unspecified atom stereocenters. The first-order valence-corrected chi connectivity index (χ1v) is 10.4. The Hall–Kier alpha value is -3.15. The predicted molar refractivity (Wildman–Crippen MR) is 115 cm³/mol. The van der Waals surface area contributed by atoms with Gasteiger partial charge in [0.2, 0.25) is 0 Å². The van der Waals surface area contributed by atoms with E-state index in [0.717, 1.165) is 31.2 Å². The third kappa shape index (κ3) is 5.26. The van der Waals surface area contributed by atoms with Gasteiger partial charge in [-0.3, -0.25) is 9.59 Å². The van der Waals surface area contributed by atoms with Crippen LogP contribution in [-0.2, 0) is 9.53 Å². The van der Waals surface area contributed by atoms with Crippen LogP contribution in [-0.4, -0.2) is 41.9 Å². The highest BCUT2D eigenvalue weighted by Gasteiger charge is 2.26. The predicted octanol–water partition coefficient (Wildman–Crippen LogP) is 4.20. The Balaban J connectivity index is 1.65. The average Bonchev–Trinajstić information content (AvgIpc) is 2.77. The maximum absolute atomic E-state index is 12.6. The summed E-state index contributed by atoms with van der Waals surface area (Å²) in [5.74, 6) is -1.11. The smallest absolute Gasteiger partial charge is 0.340 e. The van der Waals surface area contributed by atoms with E-state index in [1.165, 1.54) is 0 Å². The Bertz CT molecular complexity index is 925. The fourth-order valence-electron chi connectivity index (χ4n) is 3.79. The zero-order valence-electron chi connectivity index (χ0n) is 17.5. The molecule has 30 heavy (non-hydrogen) atoms. The summed E-state index contributed by atoms with van der Waals surface area (Å²) in [6.07, 6.45) is 3.98. The van der Waals surface area contributed by atoms with Crippen molar-refractivity contribution in [3.63, 3.8) is 0 Å². The van der Waals surface area contributed by atoms with Crippen molar-refractivity contribution in [1.29, 1.82) is 0 Å². The van der Waals surface area contributed by atoms with E-state index in [-0.39, 0.29) is 30.0 Å². The average molecular weight is 408 g/mol. The Morgan fingerprint density at radius 1 is 1.10 bits per heavy atom. The van der Waals surface area contributed by atoms with E-state index in [9.17, 15) is 14.4 Å². The molecule has 1 aliphatic heterocycles. The highest BCUT2D eigenvalue weighted by Crippen LogP contribution is 2.21. The first kappa shape index (κ1) is 21.6. The number of nitrogens with zero attached hydrogens (tertiary/aromatic N) is 1. The van der Waals surface area contributed by atoms with Crippen LogP contribution in [0.15, 0.2) is 48.5 Å². The van der Waals surface area contributed by atoms with E-state index in [1.807, 2.05) is 17.9 Å². The van der Waals surface area contributed by atoms with Crippen molar-refractivity contribution in [2.24, 2.45) is 0 Å². The van der Waals surface area contributed by atoms with Crippen molar-refractivity contribution in [3.8, 4) is 0 Å². The summed E-state index contributed by atoms with van der Waals surface area (Å²) in [7, 11) is 0. The number of carbonyl (C=O) groups is 3. The van der Waals surface area contributed by atoms with E-state index in [4.69, 9.17) is 4.74 Å². The minimum atomic E-state index is -0.631. The van der Waals surface area contributed by atoms with Gasteiger partial charge in [0.05, 0.1) is 11.3 Å². The van der Waals surface area contributed by atoms with Gasteiger partial charge in [0.1, 0.15) is 0 Å². The van der Waals surface area contributed by atoms with Crippen LogP contribution in [0.25, 0.3) is 0 Å². The maximum Gasteiger partial charge on any atom is 0.340 e. The van der Waals surface area contributed by atoms with Gasteiger partial charge in [0.25, 0.3) is 11.8 Å². The number of piperidine rings is 1. The molecule has 0 radical (unpaired) electrons. The van der Waals surface area contributed by atoms with E-state index in [1.54, 1.807) is 42.5 Å². The number of esters is 1. The number of nitrogens with one attached hydrogen (secondary N) is 1. The van der Waals surface area contributed by atoms with Gasteiger partial charge >= 0.3 is 5.97 Å². The van der Waals surface area contributed by atoms with Gasteiger partial charge in [0, 0.05) is 18.2 Å². The number of ether oxygens (including phenoxy) is 1. The van der Waals surface area contributed by atoms with Crippen LogP contribution in [0.4, 0.5) is 5.69 Å². The molecule has 1 fully saturated rings. The topological polar surface area (TPSA) is 75.7 Å². The second-order valence-corrected chi connectivity index (χ2v) is 7.59. The highest BCUT2D eigenvalue weighted by molar-refractivity contribution is 6.08. The molecule has 2 amide bonds. The molecule has 0 spiro atoms. The largest absolute Gasteiger partial charge is 0.452 e. The van der Waals surface area contributed by atoms with Crippen molar-refractivity contribution in [2.75, 3.05) is 18.5 Å². The molecule has 3 rings (SSSR count). The van der Waals surface area contributed by atoms with E-state index >= 15 is 0 Å². The minimum Gasteiger partial charge on any atom is -0.452 e. The molecule has 1 atom stereocenters. The van der Waals surface area contributed by atoms with Crippen molar-refractivity contribution < 1.29 is 19.1 Å². The molecule has 1 N–H and O–H groups in total. The quantitative estimate of drug-likeness (QED) is 0.727. The summed E-state index contributed by atoms with van der Waals surface area (Å²) in [6.45, 7) is 4.38. The number of hydrogen-bond donors (Lipinski definition) is 1. The zero-order chi connectivity index (χ0) is 21.5. The van der Waals surface area contributed by atoms with Gasteiger partial charge in [-0.15, -0.1) is 0 Å². The van der Waals surface area contributed by atoms with E-state index in [2.05, 4.69) is 12.2 Å². The van der Waals surface area contributed by atoms with Gasteiger partial charge in [0.15, 0.2) is 6.61 Å². The van der Waals surface area contributed by atoms with Crippen LogP contribution in [0, 0.1) is 6.92 Å². The lowest BCUT2D eigenvalue weighted by Gasteiger charge is -2.35. The SMILES string of the molecule is CC[C@H]1CCCCN1C(=O)COC(=O)c1ccccc1NC(=O)c1cccc(C)c1. The normalized spacial score (nSPS) is 16.1. The summed E-state index contributed by atoms with van der Waals surface area (Å²) in [5, 5.41) is 2.77. The van der Waals surface area contributed by atoms with Gasteiger partial charge in [-0.05, 0) is 56.9 Å². The van der Waals surface area contributed by atoms with Crippen LogP contribution in [0.1, 0.15) is 58.9 Å². The lowest BCUT2D eigenvalue weighted by atomic mass is 10.00. The Morgan fingerprint density at radius 3 is 2.67 bits per heavy atom. The number of aryl methyl sites for hydroxylation is 1. The Labute approximate surface area is 177 Å². The zero-order valence-corrected chi connectivity index (χ0v) is 17.5. The number of carbonyl (C=O) groups excluding carboxylic acids is 3. The monoisotopic (exact) mass is 408 g/mol. The molecular formula is C24H28N2O4. The molecule has 0 saturated carbocycles. The molecule has 158 valence electrons. The molecule has 6 nitrogen and oxygen atoms in total. The van der Waals surface area contributed by atoms with Crippen LogP contribution in [0.5, 0.6) is 0 Å².